The topological polar surface area (TPSA) is 48.7 Å². The van der Waals surface area contributed by atoms with Gasteiger partial charge in [-0.3, -0.25) is 4.98 Å². The van der Waals surface area contributed by atoms with E-state index in [1.807, 2.05) is 6.07 Å². The highest BCUT2D eigenvalue weighted by Gasteiger charge is 2.03. The molecule has 0 spiro atoms. The van der Waals surface area contributed by atoms with Gasteiger partial charge in [-0.15, -0.1) is 0 Å². The monoisotopic (exact) mass is 305 g/mol. The molecule has 1 aromatic heterocycles. The van der Waals surface area contributed by atoms with E-state index in [4.69, 9.17) is 5.26 Å². The van der Waals surface area contributed by atoms with E-state index in [2.05, 4.69) is 32.3 Å². The first-order chi connectivity index (χ1) is 8.69. The van der Waals surface area contributed by atoms with E-state index in [9.17, 15) is 4.39 Å². The number of benzene rings is 1. The molecule has 0 unspecified atom stereocenters. The summed E-state index contributed by atoms with van der Waals surface area (Å²) in [6.07, 6.45) is 2.74. The molecule has 1 heterocycles. The Bertz CT molecular complexity index is 607. The molecular weight excluding hydrogens is 297 g/mol. The third kappa shape index (κ3) is 3.05. The summed E-state index contributed by atoms with van der Waals surface area (Å²) in [5, 5.41) is 12.1. The van der Waals surface area contributed by atoms with Crippen LogP contribution in [0.2, 0.25) is 0 Å². The van der Waals surface area contributed by atoms with Crippen molar-refractivity contribution in [3.8, 4) is 6.07 Å². The van der Waals surface area contributed by atoms with Crippen LogP contribution in [0.15, 0.2) is 41.1 Å². The van der Waals surface area contributed by atoms with Crippen LogP contribution in [0.25, 0.3) is 0 Å². The quantitative estimate of drug-likeness (QED) is 0.944. The van der Waals surface area contributed by atoms with Crippen molar-refractivity contribution in [1.29, 1.82) is 5.26 Å². The first-order valence-electron chi connectivity index (χ1n) is 5.22. The van der Waals surface area contributed by atoms with Gasteiger partial charge in [0.05, 0.1) is 17.4 Å². The number of rotatable bonds is 3. The van der Waals surface area contributed by atoms with E-state index in [0.717, 1.165) is 16.2 Å². The van der Waals surface area contributed by atoms with Crippen LogP contribution in [0, 0.1) is 17.1 Å². The third-order valence-corrected chi connectivity index (χ3v) is 2.84. The van der Waals surface area contributed by atoms with Gasteiger partial charge in [-0.2, -0.15) is 5.26 Å². The van der Waals surface area contributed by atoms with Gasteiger partial charge in [-0.1, -0.05) is 15.9 Å². The fourth-order valence-corrected chi connectivity index (χ4v) is 1.87. The summed E-state index contributed by atoms with van der Waals surface area (Å²) in [5.41, 5.74) is 1.97. The van der Waals surface area contributed by atoms with Crippen LogP contribution >= 0.6 is 15.9 Å². The number of halogens is 2. The fraction of sp³-hybridized carbons (Fsp3) is 0.0769. The molecule has 2 aromatic rings. The Balaban J connectivity index is 2.15. The SMILES string of the molecule is N#Cc1ccc(Br)cc1NCc1cncc(F)c1. The minimum absolute atomic E-state index is 0.371. The maximum atomic E-state index is 13.0. The lowest BCUT2D eigenvalue weighted by molar-refractivity contribution is 0.619. The van der Waals surface area contributed by atoms with Crippen LogP contribution < -0.4 is 5.32 Å². The highest BCUT2D eigenvalue weighted by atomic mass is 79.9. The van der Waals surface area contributed by atoms with Gasteiger partial charge in [0.2, 0.25) is 0 Å². The summed E-state index contributed by atoms with van der Waals surface area (Å²) in [5.74, 6) is -0.371. The lowest BCUT2D eigenvalue weighted by atomic mass is 10.2. The van der Waals surface area contributed by atoms with Crippen LogP contribution in [-0.2, 0) is 6.54 Å². The maximum absolute atomic E-state index is 13.0. The molecule has 3 nitrogen and oxygen atoms in total. The molecule has 0 aliphatic rings. The van der Waals surface area contributed by atoms with Crippen LogP contribution in [0.5, 0.6) is 0 Å². The molecule has 0 aliphatic heterocycles. The van der Waals surface area contributed by atoms with Gasteiger partial charge >= 0.3 is 0 Å². The van der Waals surface area contributed by atoms with Crippen LogP contribution in [-0.4, -0.2) is 4.98 Å². The smallest absolute Gasteiger partial charge is 0.141 e. The summed E-state index contributed by atoms with van der Waals surface area (Å²) in [6.45, 7) is 0.413. The Morgan fingerprint density at radius 2 is 2.17 bits per heavy atom. The van der Waals surface area contributed by atoms with Crippen LogP contribution in [0.4, 0.5) is 10.1 Å². The van der Waals surface area contributed by atoms with Gasteiger partial charge in [-0.25, -0.2) is 4.39 Å². The second-order valence-corrected chi connectivity index (χ2v) is 4.58. The number of pyridine rings is 1. The minimum Gasteiger partial charge on any atom is -0.380 e. The predicted molar refractivity (Wildman–Crippen MR) is 70.4 cm³/mol. The lowest BCUT2D eigenvalue weighted by Crippen LogP contribution is -2.02. The van der Waals surface area contributed by atoms with Crippen molar-refractivity contribution >= 4 is 21.6 Å². The first kappa shape index (κ1) is 12.5. The summed E-state index contributed by atoms with van der Waals surface area (Å²) in [4.78, 5) is 3.77. The Hall–Kier alpha value is -1.93. The number of anilines is 1. The molecule has 0 amide bonds. The Morgan fingerprint density at radius 1 is 1.33 bits per heavy atom. The van der Waals surface area contributed by atoms with Gasteiger partial charge in [-0.05, 0) is 29.8 Å². The molecule has 5 heteroatoms. The van der Waals surface area contributed by atoms with Crippen molar-refractivity contribution in [2.24, 2.45) is 0 Å². The second kappa shape index (κ2) is 5.61. The van der Waals surface area contributed by atoms with Crippen molar-refractivity contribution in [1.82, 2.24) is 4.98 Å². The van der Waals surface area contributed by atoms with E-state index < -0.39 is 0 Å². The number of nitrogens with one attached hydrogen (secondary N) is 1. The van der Waals surface area contributed by atoms with Crippen molar-refractivity contribution in [2.75, 3.05) is 5.32 Å². The predicted octanol–water partition coefficient (Wildman–Crippen LogP) is 3.47. The Morgan fingerprint density at radius 3 is 2.89 bits per heavy atom. The van der Waals surface area contributed by atoms with E-state index in [0.29, 0.717) is 17.8 Å². The number of aromatic nitrogens is 1. The van der Waals surface area contributed by atoms with E-state index in [1.165, 1.54) is 6.07 Å². The zero-order valence-corrected chi connectivity index (χ0v) is 10.9. The van der Waals surface area contributed by atoms with Crippen molar-refractivity contribution in [3.63, 3.8) is 0 Å². The highest BCUT2D eigenvalue weighted by Crippen LogP contribution is 2.21. The minimum atomic E-state index is -0.371. The summed E-state index contributed by atoms with van der Waals surface area (Å²) in [6, 6.07) is 8.83. The second-order valence-electron chi connectivity index (χ2n) is 3.67. The number of nitrogens with zero attached hydrogens (tertiary/aromatic N) is 2. The normalized spacial score (nSPS) is 9.83. The Labute approximate surface area is 112 Å². The van der Waals surface area contributed by atoms with Crippen molar-refractivity contribution < 1.29 is 4.39 Å². The first-order valence-corrected chi connectivity index (χ1v) is 6.01. The molecule has 0 atom stereocenters. The van der Waals surface area contributed by atoms with Crippen LogP contribution in [0.3, 0.4) is 0 Å². The average Bonchev–Trinajstić information content (AvgIpc) is 2.37. The molecule has 0 saturated carbocycles. The molecular formula is C13H9BrFN3. The number of hydrogen-bond donors (Lipinski definition) is 1. The summed E-state index contributed by atoms with van der Waals surface area (Å²) < 4.78 is 13.8. The average molecular weight is 306 g/mol. The largest absolute Gasteiger partial charge is 0.380 e. The van der Waals surface area contributed by atoms with Gasteiger partial charge in [0.15, 0.2) is 0 Å². The molecule has 0 fully saturated rings. The van der Waals surface area contributed by atoms with E-state index in [1.54, 1.807) is 18.3 Å². The maximum Gasteiger partial charge on any atom is 0.141 e. The van der Waals surface area contributed by atoms with Crippen molar-refractivity contribution in [3.05, 3.63) is 58.1 Å². The molecule has 0 radical (unpaired) electrons. The molecule has 0 saturated heterocycles. The van der Waals surface area contributed by atoms with Gasteiger partial charge < -0.3 is 5.32 Å². The molecule has 2 rings (SSSR count). The highest BCUT2D eigenvalue weighted by molar-refractivity contribution is 9.10. The lowest BCUT2D eigenvalue weighted by Gasteiger charge is -2.08. The molecule has 1 aromatic carbocycles. The van der Waals surface area contributed by atoms with Gasteiger partial charge in [0, 0.05) is 17.2 Å². The summed E-state index contributed by atoms with van der Waals surface area (Å²) in [7, 11) is 0. The van der Waals surface area contributed by atoms with Gasteiger partial charge in [0.25, 0.3) is 0 Å². The van der Waals surface area contributed by atoms with Crippen LogP contribution in [0.1, 0.15) is 11.1 Å². The zero-order chi connectivity index (χ0) is 13.0. The number of nitriles is 1. The third-order valence-electron chi connectivity index (χ3n) is 2.35. The molecule has 18 heavy (non-hydrogen) atoms. The molecule has 0 aliphatic carbocycles. The summed E-state index contributed by atoms with van der Waals surface area (Å²) >= 11 is 3.34. The zero-order valence-electron chi connectivity index (χ0n) is 9.32. The standard InChI is InChI=1S/C13H9BrFN3/c14-11-2-1-10(5-16)13(4-11)18-7-9-3-12(15)8-17-6-9/h1-4,6,8,18H,7H2. The molecule has 0 bridgehead atoms. The van der Waals surface area contributed by atoms with Crippen molar-refractivity contribution in [2.45, 2.75) is 6.54 Å². The number of hydrogen-bond acceptors (Lipinski definition) is 3. The van der Waals surface area contributed by atoms with E-state index >= 15 is 0 Å². The Kier molecular flexibility index (Phi) is 3.90. The van der Waals surface area contributed by atoms with E-state index in [-0.39, 0.29) is 5.82 Å². The van der Waals surface area contributed by atoms with Gasteiger partial charge in [0.1, 0.15) is 11.9 Å². The fourth-order valence-electron chi connectivity index (χ4n) is 1.51. The molecule has 1 N–H and O–H groups in total. The molecule has 90 valence electrons.